The molecule has 0 aliphatic carbocycles. The average Bonchev–Trinajstić information content (AvgIpc) is 2.69. The van der Waals surface area contributed by atoms with Gasteiger partial charge in [-0.2, -0.15) is 5.10 Å². The molecule has 96 valence electrons. The van der Waals surface area contributed by atoms with E-state index in [0.29, 0.717) is 22.3 Å². The van der Waals surface area contributed by atoms with Crippen LogP contribution in [0.25, 0.3) is 11.1 Å². The second-order valence-electron chi connectivity index (χ2n) is 3.76. The summed E-state index contributed by atoms with van der Waals surface area (Å²) < 4.78 is 12.1. The highest BCUT2D eigenvalue weighted by atomic mass is 35.5. The molecule has 0 aliphatic heterocycles. The third-order valence-corrected chi connectivity index (χ3v) is 3.01. The van der Waals surface area contributed by atoms with Gasteiger partial charge in [-0.05, 0) is 6.07 Å². The molecular formula is C12H14ClN3O2. The van der Waals surface area contributed by atoms with Crippen molar-refractivity contribution in [3.63, 3.8) is 0 Å². The highest BCUT2D eigenvalue weighted by Gasteiger charge is 2.16. The summed E-state index contributed by atoms with van der Waals surface area (Å²) >= 11 is 6.15. The number of hydrogen-bond donors (Lipinski definition) is 1. The quantitative estimate of drug-likeness (QED) is 0.927. The number of nitrogen functional groups attached to an aromatic ring is 1. The number of aryl methyl sites for hydroxylation is 1. The largest absolute Gasteiger partial charge is 0.497 e. The zero-order chi connectivity index (χ0) is 13.3. The first-order valence-electron chi connectivity index (χ1n) is 5.27. The molecule has 0 saturated heterocycles. The van der Waals surface area contributed by atoms with Crippen LogP contribution in [-0.2, 0) is 7.05 Å². The Morgan fingerprint density at radius 3 is 2.44 bits per heavy atom. The third kappa shape index (κ3) is 1.97. The van der Waals surface area contributed by atoms with Crippen LogP contribution in [0, 0.1) is 0 Å². The predicted molar refractivity (Wildman–Crippen MR) is 71.2 cm³/mol. The van der Waals surface area contributed by atoms with E-state index in [1.54, 1.807) is 38.2 Å². The molecule has 18 heavy (non-hydrogen) atoms. The summed E-state index contributed by atoms with van der Waals surface area (Å²) in [5.41, 5.74) is 7.48. The standard InChI is InChI=1S/C12H14ClN3O2/c1-16-12(14)9(6-15-16)8-4-7(17-2)5-10(13)11(8)18-3/h4-6H,14H2,1-3H3. The summed E-state index contributed by atoms with van der Waals surface area (Å²) in [7, 11) is 4.91. The number of aromatic nitrogens is 2. The van der Waals surface area contributed by atoms with Gasteiger partial charge < -0.3 is 15.2 Å². The lowest BCUT2D eigenvalue weighted by atomic mass is 10.1. The van der Waals surface area contributed by atoms with E-state index in [1.165, 1.54) is 0 Å². The Balaban J connectivity index is 2.68. The Bertz CT molecular complexity index is 581. The number of hydrogen-bond acceptors (Lipinski definition) is 4. The maximum absolute atomic E-state index is 6.15. The normalized spacial score (nSPS) is 10.4. The van der Waals surface area contributed by atoms with Gasteiger partial charge >= 0.3 is 0 Å². The number of halogens is 1. The van der Waals surface area contributed by atoms with Gasteiger partial charge in [0.05, 0.1) is 25.4 Å². The van der Waals surface area contributed by atoms with Crippen LogP contribution < -0.4 is 15.2 Å². The summed E-state index contributed by atoms with van der Waals surface area (Å²) in [6.07, 6.45) is 1.67. The van der Waals surface area contributed by atoms with Gasteiger partial charge in [-0.1, -0.05) is 11.6 Å². The fraction of sp³-hybridized carbons (Fsp3) is 0.250. The molecule has 0 radical (unpaired) electrons. The van der Waals surface area contributed by atoms with Gasteiger partial charge in [-0.3, -0.25) is 4.68 Å². The molecule has 6 heteroatoms. The first-order chi connectivity index (χ1) is 8.58. The monoisotopic (exact) mass is 267 g/mol. The smallest absolute Gasteiger partial charge is 0.145 e. The van der Waals surface area contributed by atoms with E-state index < -0.39 is 0 Å². The molecule has 0 amide bonds. The van der Waals surface area contributed by atoms with E-state index in [9.17, 15) is 0 Å². The molecule has 1 aromatic carbocycles. The molecule has 0 aliphatic rings. The van der Waals surface area contributed by atoms with E-state index in [0.717, 1.165) is 11.1 Å². The van der Waals surface area contributed by atoms with Crippen LogP contribution >= 0.6 is 11.6 Å². The Morgan fingerprint density at radius 1 is 1.22 bits per heavy atom. The van der Waals surface area contributed by atoms with Crippen molar-refractivity contribution in [1.82, 2.24) is 9.78 Å². The van der Waals surface area contributed by atoms with Crippen LogP contribution in [0.2, 0.25) is 5.02 Å². The number of benzene rings is 1. The maximum Gasteiger partial charge on any atom is 0.145 e. The number of ether oxygens (including phenoxy) is 2. The lowest BCUT2D eigenvalue weighted by Crippen LogP contribution is -1.99. The zero-order valence-corrected chi connectivity index (χ0v) is 11.2. The molecular weight excluding hydrogens is 254 g/mol. The molecule has 0 atom stereocenters. The van der Waals surface area contributed by atoms with E-state index in [1.807, 2.05) is 6.07 Å². The number of rotatable bonds is 3. The molecule has 0 saturated carbocycles. The molecule has 2 N–H and O–H groups in total. The first-order valence-corrected chi connectivity index (χ1v) is 5.65. The van der Waals surface area contributed by atoms with Crippen molar-refractivity contribution in [2.75, 3.05) is 20.0 Å². The lowest BCUT2D eigenvalue weighted by molar-refractivity contribution is 0.404. The van der Waals surface area contributed by atoms with Gasteiger partial charge in [0, 0.05) is 24.2 Å². The van der Waals surface area contributed by atoms with Crippen molar-refractivity contribution < 1.29 is 9.47 Å². The minimum atomic E-state index is 0.468. The van der Waals surface area contributed by atoms with Crippen LogP contribution in [0.5, 0.6) is 11.5 Å². The zero-order valence-electron chi connectivity index (χ0n) is 10.4. The van der Waals surface area contributed by atoms with Crippen molar-refractivity contribution in [3.05, 3.63) is 23.4 Å². The second kappa shape index (κ2) is 4.78. The van der Waals surface area contributed by atoms with Gasteiger partial charge in [0.2, 0.25) is 0 Å². The van der Waals surface area contributed by atoms with Gasteiger partial charge in [0.15, 0.2) is 0 Å². The number of methoxy groups -OCH3 is 2. The predicted octanol–water partition coefficient (Wildman–Crippen LogP) is 2.34. The molecule has 1 aromatic heterocycles. The topological polar surface area (TPSA) is 62.3 Å². The van der Waals surface area contributed by atoms with E-state index >= 15 is 0 Å². The van der Waals surface area contributed by atoms with Crippen molar-refractivity contribution in [1.29, 1.82) is 0 Å². The van der Waals surface area contributed by atoms with Crippen LogP contribution in [0.15, 0.2) is 18.3 Å². The van der Waals surface area contributed by atoms with Gasteiger partial charge in [-0.25, -0.2) is 0 Å². The van der Waals surface area contributed by atoms with Crippen LogP contribution in [0.1, 0.15) is 0 Å². The summed E-state index contributed by atoms with van der Waals surface area (Å²) in [5, 5.41) is 4.57. The minimum Gasteiger partial charge on any atom is -0.497 e. The number of nitrogens with zero attached hydrogens (tertiary/aromatic N) is 2. The fourth-order valence-electron chi connectivity index (χ4n) is 1.75. The Labute approximate surface area is 110 Å². The van der Waals surface area contributed by atoms with Crippen LogP contribution in [-0.4, -0.2) is 24.0 Å². The highest BCUT2D eigenvalue weighted by Crippen LogP contribution is 2.41. The SMILES string of the molecule is COc1cc(Cl)c(OC)c(-c2cnn(C)c2N)c1. The van der Waals surface area contributed by atoms with Crippen molar-refractivity contribution in [3.8, 4) is 22.6 Å². The van der Waals surface area contributed by atoms with Crippen LogP contribution in [0.3, 0.4) is 0 Å². The van der Waals surface area contributed by atoms with Gasteiger partial charge in [0.1, 0.15) is 17.3 Å². The van der Waals surface area contributed by atoms with E-state index in [4.69, 9.17) is 26.8 Å². The molecule has 2 aromatic rings. The molecule has 1 heterocycles. The van der Waals surface area contributed by atoms with E-state index in [-0.39, 0.29) is 0 Å². The van der Waals surface area contributed by atoms with Crippen molar-refractivity contribution >= 4 is 17.4 Å². The first kappa shape index (κ1) is 12.6. The Kier molecular flexibility index (Phi) is 3.34. The molecule has 0 bridgehead atoms. The van der Waals surface area contributed by atoms with Crippen molar-refractivity contribution in [2.45, 2.75) is 0 Å². The van der Waals surface area contributed by atoms with Crippen LogP contribution in [0.4, 0.5) is 5.82 Å². The molecule has 2 rings (SSSR count). The molecule has 0 unspecified atom stereocenters. The summed E-state index contributed by atoms with van der Waals surface area (Å²) in [4.78, 5) is 0. The molecule has 5 nitrogen and oxygen atoms in total. The Hall–Kier alpha value is -1.88. The summed E-state index contributed by atoms with van der Waals surface area (Å²) in [5.74, 6) is 1.73. The van der Waals surface area contributed by atoms with E-state index in [2.05, 4.69) is 5.10 Å². The van der Waals surface area contributed by atoms with Crippen molar-refractivity contribution in [2.24, 2.45) is 7.05 Å². The number of anilines is 1. The average molecular weight is 268 g/mol. The number of nitrogens with two attached hydrogens (primary N) is 1. The summed E-state index contributed by atoms with van der Waals surface area (Å²) in [6, 6.07) is 3.51. The molecule has 0 fully saturated rings. The highest BCUT2D eigenvalue weighted by molar-refractivity contribution is 6.32. The minimum absolute atomic E-state index is 0.468. The van der Waals surface area contributed by atoms with Gasteiger partial charge in [-0.15, -0.1) is 0 Å². The fourth-order valence-corrected chi connectivity index (χ4v) is 2.03. The third-order valence-electron chi connectivity index (χ3n) is 2.73. The molecule has 0 spiro atoms. The van der Waals surface area contributed by atoms with Gasteiger partial charge in [0.25, 0.3) is 0 Å². The summed E-state index contributed by atoms with van der Waals surface area (Å²) in [6.45, 7) is 0. The maximum atomic E-state index is 6.15. The lowest BCUT2D eigenvalue weighted by Gasteiger charge is -2.12. The Morgan fingerprint density at radius 2 is 1.94 bits per heavy atom. The second-order valence-corrected chi connectivity index (χ2v) is 4.16.